The van der Waals surface area contributed by atoms with E-state index in [0.29, 0.717) is 5.56 Å². The Balaban J connectivity index is 2.20. The first kappa shape index (κ1) is 16.9. The Morgan fingerprint density at radius 2 is 2.00 bits per heavy atom. The Labute approximate surface area is 140 Å². The van der Waals surface area contributed by atoms with Gasteiger partial charge in [-0.3, -0.25) is 4.79 Å². The third-order valence-corrected chi connectivity index (χ3v) is 4.48. The highest BCUT2D eigenvalue weighted by Gasteiger charge is 2.17. The third kappa shape index (κ3) is 3.86. The summed E-state index contributed by atoms with van der Waals surface area (Å²) >= 11 is 3.41. The number of carbonyl (C=O) groups excluding carboxylic acids is 1. The number of rotatable bonds is 6. The van der Waals surface area contributed by atoms with Crippen molar-refractivity contribution in [3.63, 3.8) is 0 Å². The zero-order chi connectivity index (χ0) is 16.1. The lowest BCUT2D eigenvalue weighted by Crippen LogP contribution is -2.15. The topological polar surface area (TPSA) is 34.9 Å². The van der Waals surface area contributed by atoms with Crippen molar-refractivity contribution in [2.75, 3.05) is 0 Å². The lowest BCUT2D eigenvalue weighted by atomic mass is 10.0. The van der Waals surface area contributed by atoms with Crippen LogP contribution in [0.1, 0.15) is 59.9 Å². The fraction of sp³-hybridized carbons (Fsp3) is 0.444. The summed E-state index contributed by atoms with van der Waals surface area (Å²) in [5.74, 6) is -0.0679. The van der Waals surface area contributed by atoms with Gasteiger partial charge in [0, 0.05) is 15.7 Å². The smallest absolute Gasteiger partial charge is 0.267 e. The fourth-order valence-electron chi connectivity index (χ4n) is 2.71. The Kier molecular flexibility index (Phi) is 5.95. The molecule has 3 nitrogen and oxygen atoms in total. The molecule has 0 aliphatic carbocycles. The second kappa shape index (κ2) is 7.73. The molecule has 0 atom stereocenters. The molecular weight excluding hydrogens is 340 g/mol. The summed E-state index contributed by atoms with van der Waals surface area (Å²) in [5, 5.41) is 4.47. The van der Waals surface area contributed by atoms with Crippen LogP contribution < -0.4 is 0 Å². The van der Waals surface area contributed by atoms with E-state index in [9.17, 15) is 4.79 Å². The Bertz CT molecular complexity index is 661. The number of hydrogen-bond acceptors (Lipinski definition) is 2. The molecule has 0 spiro atoms. The zero-order valence-electron chi connectivity index (χ0n) is 13.5. The quantitative estimate of drug-likeness (QED) is 0.672. The van der Waals surface area contributed by atoms with E-state index in [1.54, 1.807) is 4.68 Å². The first-order valence-corrected chi connectivity index (χ1v) is 8.69. The van der Waals surface area contributed by atoms with Gasteiger partial charge in [0.1, 0.15) is 0 Å². The molecule has 0 saturated carbocycles. The number of unbranched alkanes of at least 4 members (excludes halogenated alkanes) is 3. The lowest BCUT2D eigenvalue weighted by molar-refractivity contribution is 0.0942. The first-order chi connectivity index (χ1) is 10.5. The summed E-state index contributed by atoms with van der Waals surface area (Å²) < 4.78 is 2.45. The Morgan fingerprint density at radius 3 is 2.68 bits per heavy atom. The zero-order valence-corrected chi connectivity index (χ0v) is 15.1. The first-order valence-electron chi connectivity index (χ1n) is 7.90. The average molecular weight is 363 g/mol. The van der Waals surface area contributed by atoms with Gasteiger partial charge < -0.3 is 0 Å². The van der Waals surface area contributed by atoms with Gasteiger partial charge in [0.05, 0.1) is 5.69 Å². The molecule has 0 amide bonds. The minimum atomic E-state index is -0.0679. The van der Waals surface area contributed by atoms with Crippen molar-refractivity contribution in [1.82, 2.24) is 9.78 Å². The van der Waals surface area contributed by atoms with Gasteiger partial charge in [0.15, 0.2) is 0 Å². The van der Waals surface area contributed by atoms with Crippen molar-refractivity contribution in [2.24, 2.45) is 0 Å². The summed E-state index contributed by atoms with van der Waals surface area (Å²) in [6.45, 7) is 6.20. The van der Waals surface area contributed by atoms with E-state index in [1.807, 2.05) is 38.1 Å². The van der Waals surface area contributed by atoms with E-state index >= 15 is 0 Å². The predicted molar refractivity (Wildman–Crippen MR) is 93.4 cm³/mol. The molecule has 2 rings (SSSR count). The maximum atomic E-state index is 12.6. The normalized spacial score (nSPS) is 10.9. The maximum Gasteiger partial charge on any atom is 0.278 e. The van der Waals surface area contributed by atoms with E-state index < -0.39 is 0 Å². The summed E-state index contributed by atoms with van der Waals surface area (Å²) in [6.07, 6.45) is 5.90. The van der Waals surface area contributed by atoms with Gasteiger partial charge in [0.2, 0.25) is 0 Å². The van der Waals surface area contributed by atoms with E-state index in [1.165, 1.54) is 24.8 Å². The van der Waals surface area contributed by atoms with Crippen LogP contribution in [0.4, 0.5) is 0 Å². The van der Waals surface area contributed by atoms with Crippen LogP contribution in [0.5, 0.6) is 0 Å². The van der Waals surface area contributed by atoms with Gasteiger partial charge in [-0.25, -0.2) is 4.68 Å². The number of hydrogen-bond donors (Lipinski definition) is 0. The molecule has 2 aromatic rings. The molecule has 1 heterocycles. The molecule has 0 N–H and O–H groups in total. The van der Waals surface area contributed by atoms with E-state index in [4.69, 9.17) is 0 Å². The largest absolute Gasteiger partial charge is 0.278 e. The molecule has 0 bridgehead atoms. The number of aryl methyl sites for hydroxylation is 1. The molecular formula is C18H23BrN2O. The monoisotopic (exact) mass is 362 g/mol. The van der Waals surface area contributed by atoms with Crippen molar-refractivity contribution < 1.29 is 4.79 Å². The molecule has 0 fully saturated rings. The van der Waals surface area contributed by atoms with E-state index in [2.05, 4.69) is 28.0 Å². The van der Waals surface area contributed by atoms with Crippen molar-refractivity contribution in [1.29, 1.82) is 0 Å². The molecule has 1 aromatic heterocycles. The molecule has 0 aliphatic heterocycles. The number of nitrogens with zero attached hydrogens (tertiary/aromatic N) is 2. The Hall–Kier alpha value is -1.42. The molecule has 1 aromatic carbocycles. The number of carbonyl (C=O) groups is 1. The van der Waals surface area contributed by atoms with Crippen molar-refractivity contribution in [3.8, 4) is 0 Å². The van der Waals surface area contributed by atoms with Crippen LogP contribution in [0.2, 0.25) is 0 Å². The molecule has 0 aliphatic rings. The van der Waals surface area contributed by atoms with Crippen LogP contribution in [-0.4, -0.2) is 15.7 Å². The minimum absolute atomic E-state index is 0.0679. The predicted octanol–water partition coefficient (Wildman–Crippen LogP) is 5.07. The molecule has 0 unspecified atom stereocenters. The van der Waals surface area contributed by atoms with Crippen LogP contribution in [0.3, 0.4) is 0 Å². The fourth-order valence-corrected chi connectivity index (χ4v) is 3.11. The van der Waals surface area contributed by atoms with Crippen molar-refractivity contribution in [3.05, 3.63) is 51.3 Å². The van der Waals surface area contributed by atoms with Gasteiger partial charge in [-0.05, 0) is 50.5 Å². The van der Waals surface area contributed by atoms with Gasteiger partial charge in [-0.1, -0.05) is 48.2 Å². The van der Waals surface area contributed by atoms with Crippen LogP contribution in [0.15, 0.2) is 28.7 Å². The maximum absolute atomic E-state index is 12.6. The molecule has 118 valence electrons. The summed E-state index contributed by atoms with van der Waals surface area (Å²) in [7, 11) is 0. The van der Waals surface area contributed by atoms with E-state index in [-0.39, 0.29) is 5.91 Å². The average Bonchev–Trinajstić information content (AvgIpc) is 2.78. The standard InChI is InChI=1S/C18H23BrN2O/c1-4-5-6-7-11-17-13(2)20-21(14(17)3)18(22)15-9-8-10-16(19)12-15/h8-10,12H,4-7,11H2,1-3H3. The molecule has 22 heavy (non-hydrogen) atoms. The second-order valence-corrected chi connectivity index (χ2v) is 6.60. The lowest BCUT2D eigenvalue weighted by Gasteiger charge is -2.05. The summed E-state index contributed by atoms with van der Waals surface area (Å²) in [6, 6.07) is 7.44. The molecule has 0 radical (unpaired) electrons. The van der Waals surface area contributed by atoms with Gasteiger partial charge >= 0.3 is 0 Å². The highest BCUT2D eigenvalue weighted by Crippen LogP contribution is 2.19. The summed E-state index contributed by atoms with van der Waals surface area (Å²) in [4.78, 5) is 12.6. The van der Waals surface area contributed by atoms with Crippen LogP contribution in [-0.2, 0) is 6.42 Å². The second-order valence-electron chi connectivity index (χ2n) is 5.69. The van der Waals surface area contributed by atoms with Gasteiger partial charge in [-0.2, -0.15) is 5.10 Å². The van der Waals surface area contributed by atoms with Crippen molar-refractivity contribution >= 4 is 21.8 Å². The van der Waals surface area contributed by atoms with E-state index in [0.717, 1.165) is 28.7 Å². The number of halogens is 1. The highest BCUT2D eigenvalue weighted by atomic mass is 79.9. The van der Waals surface area contributed by atoms with Gasteiger partial charge in [0.25, 0.3) is 5.91 Å². The van der Waals surface area contributed by atoms with Gasteiger partial charge in [-0.15, -0.1) is 0 Å². The third-order valence-electron chi connectivity index (χ3n) is 3.99. The minimum Gasteiger partial charge on any atom is -0.267 e. The SMILES string of the molecule is CCCCCCc1c(C)nn(C(=O)c2cccc(Br)c2)c1C. The van der Waals surface area contributed by atoms with Crippen LogP contribution in [0.25, 0.3) is 0 Å². The molecule has 0 saturated heterocycles. The van der Waals surface area contributed by atoms with Crippen LogP contribution >= 0.6 is 15.9 Å². The summed E-state index contributed by atoms with van der Waals surface area (Å²) in [5.41, 5.74) is 3.81. The van der Waals surface area contributed by atoms with Crippen LogP contribution in [0, 0.1) is 13.8 Å². The number of aromatic nitrogens is 2. The number of benzene rings is 1. The molecule has 4 heteroatoms. The van der Waals surface area contributed by atoms with Crippen molar-refractivity contribution in [2.45, 2.75) is 52.9 Å². The Morgan fingerprint density at radius 1 is 1.23 bits per heavy atom. The highest BCUT2D eigenvalue weighted by molar-refractivity contribution is 9.10.